The van der Waals surface area contributed by atoms with E-state index in [1.165, 1.54) is 7.11 Å². The van der Waals surface area contributed by atoms with Crippen molar-refractivity contribution in [3.05, 3.63) is 47.8 Å². The molecule has 0 N–H and O–H groups in total. The lowest BCUT2D eigenvalue weighted by Crippen LogP contribution is -2.46. The van der Waals surface area contributed by atoms with E-state index in [-0.39, 0.29) is 24.3 Å². The van der Waals surface area contributed by atoms with Gasteiger partial charge in [0.25, 0.3) is 12.3 Å². The molecule has 0 spiro atoms. The van der Waals surface area contributed by atoms with E-state index in [1.54, 1.807) is 18.3 Å². The van der Waals surface area contributed by atoms with Gasteiger partial charge >= 0.3 is 0 Å². The molecule has 1 saturated heterocycles. The Morgan fingerprint density at radius 2 is 2.05 bits per heavy atom. The standard InChI is InChI=1S/C26H29F3N4O4/c1-16-15-36-9-7-31(16)8-10-37-19-4-6-32-20(14-30-22(32)13-19)18-11-17-3-5-33(25(29)24(27)28)26(34)23(17)21(12-18)35-2/h4,6,11-14,16,24-25H,3,5,7-10,15H2,1-2H3/t16-,25?/m1/s1. The lowest BCUT2D eigenvalue weighted by atomic mass is 9.94. The normalized spacial score (nSPS) is 19.4. The fourth-order valence-electron chi connectivity index (χ4n) is 4.92. The Labute approximate surface area is 212 Å². The minimum absolute atomic E-state index is 0.111. The molecular formula is C26H29F3N4O4. The number of hydrogen-bond acceptors (Lipinski definition) is 6. The van der Waals surface area contributed by atoms with E-state index in [4.69, 9.17) is 14.2 Å². The first-order chi connectivity index (χ1) is 17.9. The van der Waals surface area contributed by atoms with E-state index in [2.05, 4.69) is 16.8 Å². The number of aromatic nitrogens is 2. The maximum atomic E-state index is 14.0. The lowest BCUT2D eigenvalue weighted by Gasteiger charge is -2.32. The zero-order valence-corrected chi connectivity index (χ0v) is 20.7. The number of benzene rings is 1. The number of pyridine rings is 1. The number of rotatable bonds is 8. The first-order valence-electron chi connectivity index (χ1n) is 12.2. The highest BCUT2D eigenvalue weighted by atomic mass is 19.3. The molecule has 3 aromatic rings. The van der Waals surface area contributed by atoms with E-state index in [9.17, 15) is 18.0 Å². The topological polar surface area (TPSA) is 68.5 Å². The van der Waals surface area contributed by atoms with Crippen LogP contribution < -0.4 is 9.47 Å². The molecule has 2 aliphatic rings. The molecule has 2 aliphatic heterocycles. The summed E-state index contributed by atoms with van der Waals surface area (Å²) >= 11 is 0. The van der Waals surface area contributed by atoms with Crippen LogP contribution in [0.25, 0.3) is 16.9 Å². The van der Waals surface area contributed by atoms with Gasteiger partial charge in [-0.25, -0.2) is 18.2 Å². The number of amides is 1. The number of methoxy groups -OCH3 is 1. The van der Waals surface area contributed by atoms with Gasteiger partial charge in [0.1, 0.15) is 23.8 Å². The molecule has 37 heavy (non-hydrogen) atoms. The van der Waals surface area contributed by atoms with E-state index in [1.807, 2.05) is 22.7 Å². The second-order valence-electron chi connectivity index (χ2n) is 9.21. The molecule has 0 radical (unpaired) electrons. The smallest absolute Gasteiger partial charge is 0.287 e. The first-order valence-corrected chi connectivity index (χ1v) is 12.2. The Morgan fingerprint density at radius 1 is 1.22 bits per heavy atom. The number of fused-ring (bicyclic) bond motifs is 2. The molecule has 4 heterocycles. The Bertz CT molecular complexity index is 1270. The van der Waals surface area contributed by atoms with Crippen molar-refractivity contribution in [2.45, 2.75) is 32.1 Å². The minimum atomic E-state index is -3.27. The summed E-state index contributed by atoms with van der Waals surface area (Å²) in [5.74, 6) is 0.110. The number of halogens is 3. The number of ether oxygens (including phenoxy) is 3. The van der Waals surface area contributed by atoms with Crippen LogP contribution in [0.2, 0.25) is 0 Å². The maximum Gasteiger partial charge on any atom is 0.287 e. The number of nitrogens with zero attached hydrogens (tertiary/aromatic N) is 4. The van der Waals surface area contributed by atoms with Gasteiger partial charge in [-0.2, -0.15) is 0 Å². The predicted molar refractivity (Wildman–Crippen MR) is 130 cm³/mol. The maximum absolute atomic E-state index is 14.0. The number of hydrogen-bond donors (Lipinski definition) is 0. The molecule has 198 valence electrons. The number of imidazole rings is 1. The quantitative estimate of drug-likeness (QED) is 0.424. The SMILES string of the molecule is COc1cc(-c2cnc3cc(OCCN4CCOC[C@H]4C)ccn23)cc2c1C(=O)N(C(F)C(F)F)CC2. The van der Waals surface area contributed by atoms with Crippen LogP contribution in [0.3, 0.4) is 0 Å². The van der Waals surface area contributed by atoms with Gasteiger partial charge in [0.05, 0.1) is 37.8 Å². The summed E-state index contributed by atoms with van der Waals surface area (Å²) in [7, 11) is 1.39. The molecule has 8 nitrogen and oxygen atoms in total. The van der Waals surface area contributed by atoms with Gasteiger partial charge < -0.3 is 19.1 Å². The van der Waals surface area contributed by atoms with Gasteiger partial charge in [-0.3, -0.25) is 14.1 Å². The van der Waals surface area contributed by atoms with E-state index >= 15 is 0 Å². The summed E-state index contributed by atoms with van der Waals surface area (Å²) in [6, 6.07) is 7.54. The molecule has 0 saturated carbocycles. The van der Waals surface area contributed by atoms with Crippen LogP contribution in [0.4, 0.5) is 13.2 Å². The van der Waals surface area contributed by atoms with Gasteiger partial charge in [-0.05, 0) is 37.1 Å². The second-order valence-corrected chi connectivity index (χ2v) is 9.21. The number of alkyl halides is 3. The van der Waals surface area contributed by atoms with Crippen molar-refractivity contribution < 1.29 is 32.2 Å². The van der Waals surface area contributed by atoms with E-state index in [0.29, 0.717) is 34.5 Å². The molecule has 5 rings (SSSR count). The highest BCUT2D eigenvalue weighted by Crippen LogP contribution is 2.35. The molecule has 2 aromatic heterocycles. The first kappa shape index (κ1) is 25.3. The molecule has 1 amide bonds. The van der Waals surface area contributed by atoms with Crippen molar-refractivity contribution in [1.29, 1.82) is 0 Å². The fourth-order valence-corrected chi connectivity index (χ4v) is 4.92. The van der Waals surface area contributed by atoms with Crippen molar-refractivity contribution >= 4 is 11.6 Å². The molecule has 2 atom stereocenters. The monoisotopic (exact) mass is 518 g/mol. The largest absolute Gasteiger partial charge is 0.496 e. The van der Waals surface area contributed by atoms with Gasteiger partial charge in [0, 0.05) is 43.5 Å². The van der Waals surface area contributed by atoms with Crippen molar-refractivity contribution in [2.24, 2.45) is 0 Å². The highest BCUT2D eigenvalue weighted by Gasteiger charge is 2.37. The predicted octanol–water partition coefficient (Wildman–Crippen LogP) is 3.67. The average Bonchev–Trinajstić information content (AvgIpc) is 3.32. The molecule has 0 bridgehead atoms. The fraction of sp³-hybridized carbons (Fsp3) is 0.462. The summed E-state index contributed by atoms with van der Waals surface area (Å²) in [6.07, 6.45) is -2.13. The molecule has 0 aliphatic carbocycles. The van der Waals surface area contributed by atoms with Crippen LogP contribution in [-0.2, 0) is 11.2 Å². The van der Waals surface area contributed by atoms with E-state index in [0.717, 1.165) is 37.6 Å². The Morgan fingerprint density at radius 3 is 2.81 bits per heavy atom. The zero-order chi connectivity index (χ0) is 26.1. The summed E-state index contributed by atoms with van der Waals surface area (Å²) in [4.78, 5) is 20.2. The van der Waals surface area contributed by atoms with Gasteiger partial charge in [-0.1, -0.05) is 0 Å². The zero-order valence-electron chi connectivity index (χ0n) is 20.7. The van der Waals surface area contributed by atoms with Gasteiger partial charge in [0.15, 0.2) is 0 Å². The van der Waals surface area contributed by atoms with Gasteiger partial charge in [0.2, 0.25) is 6.30 Å². The van der Waals surface area contributed by atoms with Gasteiger partial charge in [-0.15, -0.1) is 0 Å². The molecular weight excluding hydrogens is 489 g/mol. The Hall–Kier alpha value is -3.31. The van der Waals surface area contributed by atoms with Crippen molar-refractivity contribution in [3.8, 4) is 22.8 Å². The van der Waals surface area contributed by atoms with Crippen molar-refractivity contribution in [2.75, 3.05) is 46.6 Å². The second kappa shape index (κ2) is 10.6. The molecule has 1 fully saturated rings. The summed E-state index contributed by atoms with van der Waals surface area (Å²) in [5.41, 5.74) is 2.91. The third-order valence-electron chi connectivity index (χ3n) is 6.94. The summed E-state index contributed by atoms with van der Waals surface area (Å²) < 4.78 is 58.6. The third kappa shape index (κ3) is 4.97. The van der Waals surface area contributed by atoms with Crippen LogP contribution in [0.1, 0.15) is 22.8 Å². The summed E-state index contributed by atoms with van der Waals surface area (Å²) in [5, 5.41) is 0. The Kier molecular flexibility index (Phi) is 7.25. The third-order valence-corrected chi connectivity index (χ3v) is 6.94. The molecule has 1 aromatic carbocycles. The number of carbonyl (C=O) groups excluding carboxylic acids is 1. The number of morpholine rings is 1. The minimum Gasteiger partial charge on any atom is -0.496 e. The average molecular weight is 519 g/mol. The van der Waals surface area contributed by atoms with Crippen LogP contribution in [0.5, 0.6) is 11.5 Å². The van der Waals surface area contributed by atoms with Crippen molar-refractivity contribution in [3.63, 3.8) is 0 Å². The number of carbonyl (C=O) groups is 1. The molecule has 1 unspecified atom stereocenters. The van der Waals surface area contributed by atoms with E-state index < -0.39 is 18.6 Å². The van der Waals surface area contributed by atoms with Crippen LogP contribution >= 0.6 is 0 Å². The summed E-state index contributed by atoms with van der Waals surface area (Å²) in [6.45, 7) is 5.71. The molecule has 11 heteroatoms. The highest BCUT2D eigenvalue weighted by molar-refractivity contribution is 6.00. The van der Waals surface area contributed by atoms with Crippen LogP contribution in [0, 0.1) is 0 Å². The Balaban J connectivity index is 1.36. The van der Waals surface area contributed by atoms with Crippen molar-refractivity contribution in [1.82, 2.24) is 19.2 Å². The van der Waals surface area contributed by atoms with Crippen LogP contribution in [-0.4, -0.2) is 90.4 Å². The van der Waals surface area contributed by atoms with Crippen LogP contribution in [0.15, 0.2) is 36.7 Å². The lowest BCUT2D eigenvalue weighted by molar-refractivity contribution is -0.0382.